The Kier molecular flexibility index (Phi) is 21.0. The van der Waals surface area contributed by atoms with Gasteiger partial charge in [-0.3, -0.25) is 4.79 Å². The van der Waals surface area contributed by atoms with Crippen molar-refractivity contribution in [2.75, 3.05) is 52.9 Å². The molecule has 0 amide bonds. The Balaban J connectivity index is 2.21. The summed E-state index contributed by atoms with van der Waals surface area (Å²) in [6.07, 6.45) is 20.0. The molecule has 0 aromatic carbocycles. The average molecular weight is 487 g/mol. The van der Waals surface area contributed by atoms with Crippen molar-refractivity contribution in [3.05, 3.63) is 0 Å². The van der Waals surface area contributed by atoms with Gasteiger partial charge in [-0.1, -0.05) is 96.8 Å². The van der Waals surface area contributed by atoms with E-state index in [-0.39, 0.29) is 0 Å². The van der Waals surface area contributed by atoms with Crippen molar-refractivity contribution in [2.45, 2.75) is 116 Å². The van der Waals surface area contributed by atoms with Gasteiger partial charge in [-0.2, -0.15) is 0 Å². The first-order valence-electron chi connectivity index (χ1n) is 14.3. The standard InChI is InChI=1S/C28H54O6/c1-2-3-4-5-6-7-8-9-10-11-12-13-14-15-16-28(27(29)30)17-19-31-21-23-33-25-26-34-24-22-32-20-18-28/h2-26H2,1H3,(H,29,30). The molecule has 0 bridgehead atoms. The van der Waals surface area contributed by atoms with Crippen molar-refractivity contribution in [1.29, 1.82) is 0 Å². The van der Waals surface area contributed by atoms with Crippen LogP contribution in [0.3, 0.4) is 0 Å². The molecular formula is C28H54O6. The van der Waals surface area contributed by atoms with Gasteiger partial charge in [-0.15, -0.1) is 0 Å². The number of hydrogen-bond acceptors (Lipinski definition) is 5. The molecule has 0 aromatic heterocycles. The van der Waals surface area contributed by atoms with Crippen LogP contribution in [0, 0.1) is 5.41 Å². The lowest BCUT2D eigenvalue weighted by molar-refractivity contribution is -0.152. The Morgan fingerprint density at radius 3 is 1.24 bits per heavy atom. The normalized spacial score (nSPS) is 18.7. The number of carboxylic acids is 1. The zero-order valence-electron chi connectivity index (χ0n) is 22.2. The predicted octanol–water partition coefficient (Wildman–Crippen LogP) is 6.79. The summed E-state index contributed by atoms with van der Waals surface area (Å²) < 4.78 is 22.3. The van der Waals surface area contributed by atoms with E-state index in [1.807, 2.05) is 0 Å². The lowest BCUT2D eigenvalue weighted by Gasteiger charge is -2.29. The van der Waals surface area contributed by atoms with Crippen LogP contribution < -0.4 is 0 Å². The summed E-state index contributed by atoms with van der Waals surface area (Å²) in [6.45, 7) is 6.26. The Labute approximate surface area is 209 Å². The molecule has 34 heavy (non-hydrogen) atoms. The van der Waals surface area contributed by atoms with Gasteiger partial charge in [0.05, 0.1) is 45.1 Å². The van der Waals surface area contributed by atoms with E-state index in [9.17, 15) is 9.90 Å². The lowest BCUT2D eigenvalue weighted by Crippen LogP contribution is -2.34. The fourth-order valence-electron chi connectivity index (χ4n) is 4.65. The maximum atomic E-state index is 12.3. The average Bonchev–Trinajstić information content (AvgIpc) is 2.84. The number of hydrogen-bond donors (Lipinski definition) is 1. The highest BCUT2D eigenvalue weighted by Crippen LogP contribution is 2.34. The first-order valence-corrected chi connectivity index (χ1v) is 14.3. The molecule has 0 radical (unpaired) electrons. The van der Waals surface area contributed by atoms with E-state index in [2.05, 4.69) is 6.92 Å². The molecule has 1 rings (SSSR count). The van der Waals surface area contributed by atoms with Gasteiger partial charge in [-0.05, 0) is 19.3 Å². The fourth-order valence-corrected chi connectivity index (χ4v) is 4.65. The molecule has 0 spiro atoms. The Morgan fingerprint density at radius 2 is 0.882 bits per heavy atom. The SMILES string of the molecule is CCCCCCCCCCCCCCCCC1(C(=O)O)CCOCCOCCOCCOCC1. The Hall–Kier alpha value is -0.690. The molecule has 1 aliphatic heterocycles. The topological polar surface area (TPSA) is 74.2 Å². The van der Waals surface area contributed by atoms with Crippen LogP contribution in [0.2, 0.25) is 0 Å². The van der Waals surface area contributed by atoms with Gasteiger partial charge < -0.3 is 24.1 Å². The highest BCUT2D eigenvalue weighted by atomic mass is 16.6. The van der Waals surface area contributed by atoms with E-state index in [1.165, 1.54) is 77.0 Å². The maximum absolute atomic E-state index is 12.3. The third-order valence-corrected chi connectivity index (χ3v) is 7.03. The minimum atomic E-state index is -0.765. The molecule has 1 aliphatic rings. The quantitative estimate of drug-likeness (QED) is 0.242. The second-order valence-electron chi connectivity index (χ2n) is 9.88. The van der Waals surface area contributed by atoms with E-state index >= 15 is 0 Å². The Morgan fingerprint density at radius 1 is 0.559 bits per heavy atom. The van der Waals surface area contributed by atoms with Gasteiger partial charge in [0, 0.05) is 13.2 Å². The minimum Gasteiger partial charge on any atom is -0.481 e. The minimum absolute atomic E-state index is 0.449. The second-order valence-corrected chi connectivity index (χ2v) is 9.88. The number of ether oxygens (including phenoxy) is 4. The summed E-state index contributed by atoms with van der Waals surface area (Å²) in [6, 6.07) is 0. The molecule has 1 heterocycles. The van der Waals surface area contributed by atoms with Crippen LogP contribution in [-0.2, 0) is 23.7 Å². The predicted molar refractivity (Wildman–Crippen MR) is 138 cm³/mol. The monoisotopic (exact) mass is 486 g/mol. The molecule has 6 nitrogen and oxygen atoms in total. The number of aliphatic carboxylic acids is 1. The van der Waals surface area contributed by atoms with Crippen LogP contribution in [0.1, 0.15) is 116 Å². The summed E-state index contributed by atoms with van der Waals surface area (Å²) >= 11 is 0. The molecule has 0 unspecified atom stereocenters. The molecule has 1 fully saturated rings. The fraction of sp³-hybridized carbons (Fsp3) is 0.964. The van der Waals surface area contributed by atoms with Gasteiger partial charge in [0.15, 0.2) is 0 Å². The van der Waals surface area contributed by atoms with E-state index in [0.29, 0.717) is 72.1 Å². The van der Waals surface area contributed by atoms with E-state index in [0.717, 1.165) is 12.8 Å². The van der Waals surface area contributed by atoms with Crippen LogP contribution in [-0.4, -0.2) is 63.9 Å². The molecule has 0 aromatic rings. The molecule has 0 saturated carbocycles. The van der Waals surface area contributed by atoms with Gasteiger partial charge in [0.2, 0.25) is 0 Å². The van der Waals surface area contributed by atoms with Crippen molar-refractivity contribution >= 4 is 5.97 Å². The smallest absolute Gasteiger partial charge is 0.309 e. The zero-order valence-corrected chi connectivity index (χ0v) is 22.2. The van der Waals surface area contributed by atoms with Crippen molar-refractivity contribution in [3.63, 3.8) is 0 Å². The molecule has 0 aliphatic carbocycles. The summed E-state index contributed by atoms with van der Waals surface area (Å²) in [5.74, 6) is -0.716. The number of carboxylic acid groups (broad SMARTS) is 1. The summed E-state index contributed by atoms with van der Waals surface area (Å²) in [7, 11) is 0. The first kappa shape index (κ1) is 31.3. The van der Waals surface area contributed by atoms with Gasteiger partial charge in [-0.25, -0.2) is 0 Å². The molecule has 0 atom stereocenters. The Bertz CT molecular complexity index is 440. The summed E-state index contributed by atoms with van der Waals surface area (Å²) in [5.41, 5.74) is -0.765. The summed E-state index contributed by atoms with van der Waals surface area (Å²) in [5, 5.41) is 10.1. The first-order chi connectivity index (χ1) is 16.7. The molecular weight excluding hydrogens is 432 g/mol. The third-order valence-electron chi connectivity index (χ3n) is 7.03. The van der Waals surface area contributed by atoms with Gasteiger partial charge >= 0.3 is 5.97 Å². The molecule has 1 N–H and O–H groups in total. The summed E-state index contributed by atoms with van der Waals surface area (Å²) in [4.78, 5) is 12.3. The molecule has 202 valence electrons. The lowest BCUT2D eigenvalue weighted by atomic mass is 9.77. The van der Waals surface area contributed by atoms with E-state index in [4.69, 9.17) is 18.9 Å². The number of unbranched alkanes of at least 4 members (excludes halogenated alkanes) is 13. The van der Waals surface area contributed by atoms with Gasteiger partial charge in [0.1, 0.15) is 0 Å². The van der Waals surface area contributed by atoms with Crippen molar-refractivity contribution < 1.29 is 28.8 Å². The van der Waals surface area contributed by atoms with Crippen LogP contribution >= 0.6 is 0 Å². The van der Waals surface area contributed by atoms with Gasteiger partial charge in [0.25, 0.3) is 0 Å². The highest BCUT2D eigenvalue weighted by molar-refractivity contribution is 5.74. The third kappa shape index (κ3) is 16.9. The second kappa shape index (κ2) is 22.8. The van der Waals surface area contributed by atoms with E-state index in [1.54, 1.807) is 0 Å². The highest BCUT2D eigenvalue weighted by Gasteiger charge is 2.37. The largest absolute Gasteiger partial charge is 0.481 e. The number of rotatable bonds is 16. The number of carbonyl (C=O) groups is 1. The van der Waals surface area contributed by atoms with Crippen LogP contribution in [0.4, 0.5) is 0 Å². The molecule has 1 saturated heterocycles. The molecule has 6 heteroatoms. The van der Waals surface area contributed by atoms with Crippen molar-refractivity contribution in [2.24, 2.45) is 5.41 Å². The van der Waals surface area contributed by atoms with Crippen LogP contribution in [0.5, 0.6) is 0 Å². The van der Waals surface area contributed by atoms with Crippen LogP contribution in [0.25, 0.3) is 0 Å². The maximum Gasteiger partial charge on any atom is 0.309 e. The van der Waals surface area contributed by atoms with Crippen LogP contribution in [0.15, 0.2) is 0 Å². The zero-order chi connectivity index (χ0) is 24.6. The van der Waals surface area contributed by atoms with Crippen molar-refractivity contribution in [3.8, 4) is 0 Å². The van der Waals surface area contributed by atoms with E-state index < -0.39 is 11.4 Å². The van der Waals surface area contributed by atoms with Crippen molar-refractivity contribution in [1.82, 2.24) is 0 Å².